The third kappa shape index (κ3) is 3.45. The van der Waals surface area contributed by atoms with Crippen LogP contribution in [0, 0.1) is 6.92 Å². The molecule has 0 aliphatic rings. The van der Waals surface area contributed by atoms with Gasteiger partial charge in [-0.05, 0) is 34.5 Å². The number of primary sulfonamides is 1. The van der Waals surface area contributed by atoms with Crippen LogP contribution in [0.1, 0.15) is 5.56 Å². The van der Waals surface area contributed by atoms with Crippen molar-refractivity contribution in [2.24, 2.45) is 12.2 Å². The second-order valence-corrected chi connectivity index (χ2v) is 10.00. The summed E-state index contributed by atoms with van der Waals surface area (Å²) in [6.07, 6.45) is 1.13. The van der Waals surface area contributed by atoms with Crippen molar-refractivity contribution < 1.29 is 16.8 Å². The van der Waals surface area contributed by atoms with Crippen LogP contribution in [0.15, 0.2) is 25.2 Å². The molecule has 0 saturated heterocycles. The molecule has 0 aliphatic carbocycles. The first kappa shape index (κ1) is 16.4. The maximum atomic E-state index is 12.2. The van der Waals surface area contributed by atoms with Crippen LogP contribution in [0.2, 0.25) is 0 Å². The molecule has 0 unspecified atom stereocenters. The Labute approximate surface area is 134 Å². The molecule has 0 atom stereocenters. The number of sulfonamides is 2. The van der Waals surface area contributed by atoms with Crippen molar-refractivity contribution in [3.8, 4) is 0 Å². The normalized spacial score (nSPS) is 12.6. The van der Waals surface area contributed by atoms with Crippen LogP contribution >= 0.6 is 27.3 Å². The highest BCUT2D eigenvalue weighted by Gasteiger charge is 2.25. The first-order chi connectivity index (χ1) is 9.50. The third-order valence-electron chi connectivity index (χ3n) is 2.43. The van der Waals surface area contributed by atoms with E-state index < -0.39 is 20.0 Å². The first-order valence-electron chi connectivity index (χ1n) is 5.36. The average Bonchev–Trinajstić information content (AvgIpc) is 2.82. The molecule has 0 amide bonds. The van der Waals surface area contributed by atoms with Crippen LogP contribution < -0.4 is 9.86 Å². The highest BCUT2D eigenvalue weighted by atomic mass is 79.9. The first-order valence-corrected chi connectivity index (χ1v) is 10.00. The van der Waals surface area contributed by atoms with Gasteiger partial charge in [-0.3, -0.25) is 9.40 Å². The molecule has 2 rings (SSSR count). The van der Waals surface area contributed by atoms with Crippen molar-refractivity contribution in [3.05, 3.63) is 21.6 Å². The molecule has 0 fully saturated rings. The second kappa shape index (κ2) is 5.35. The molecule has 2 heterocycles. The summed E-state index contributed by atoms with van der Waals surface area (Å²) in [5.41, 5.74) is 0.757. The Morgan fingerprint density at radius 3 is 2.48 bits per heavy atom. The molecule has 0 aromatic carbocycles. The summed E-state index contributed by atoms with van der Waals surface area (Å²) in [5, 5.41) is 8.81. The molecule has 21 heavy (non-hydrogen) atoms. The smallest absolute Gasteiger partial charge is 0.272 e. The van der Waals surface area contributed by atoms with Crippen molar-refractivity contribution in [1.82, 2.24) is 9.78 Å². The van der Waals surface area contributed by atoms with Crippen molar-refractivity contribution in [1.29, 1.82) is 0 Å². The Hall–Kier alpha value is -0.950. The number of hydrogen-bond donors (Lipinski definition) is 2. The molecule has 0 aliphatic heterocycles. The summed E-state index contributed by atoms with van der Waals surface area (Å²) in [4.78, 5) is -0.388. The van der Waals surface area contributed by atoms with Gasteiger partial charge in [-0.25, -0.2) is 22.0 Å². The molecule has 2 aromatic rings. The number of aromatic nitrogens is 2. The minimum Gasteiger partial charge on any atom is -0.272 e. The van der Waals surface area contributed by atoms with Crippen molar-refractivity contribution >= 4 is 53.1 Å². The molecule has 0 bridgehead atoms. The van der Waals surface area contributed by atoms with Crippen LogP contribution in [0.5, 0.6) is 0 Å². The van der Waals surface area contributed by atoms with Crippen LogP contribution in [0.25, 0.3) is 0 Å². The third-order valence-corrected chi connectivity index (χ3v) is 7.29. The predicted molar refractivity (Wildman–Crippen MR) is 82.1 cm³/mol. The number of thiophene rings is 1. The predicted octanol–water partition coefficient (Wildman–Crippen LogP) is 1.00. The molecule has 0 saturated carbocycles. The maximum Gasteiger partial charge on any atom is 0.272 e. The number of halogens is 1. The number of rotatable bonds is 4. The van der Waals surface area contributed by atoms with Gasteiger partial charge in [0.15, 0.2) is 5.82 Å². The van der Waals surface area contributed by atoms with Gasteiger partial charge < -0.3 is 0 Å². The number of hydrogen-bond acceptors (Lipinski definition) is 6. The number of anilines is 1. The van der Waals surface area contributed by atoms with Gasteiger partial charge in [0.1, 0.15) is 9.10 Å². The van der Waals surface area contributed by atoms with E-state index in [1.165, 1.54) is 13.1 Å². The molecule has 12 heteroatoms. The topological polar surface area (TPSA) is 124 Å². The van der Waals surface area contributed by atoms with Gasteiger partial charge in [0, 0.05) is 13.2 Å². The van der Waals surface area contributed by atoms with E-state index in [9.17, 15) is 16.8 Å². The fourth-order valence-electron chi connectivity index (χ4n) is 1.49. The maximum absolute atomic E-state index is 12.2. The average molecular weight is 415 g/mol. The minimum absolute atomic E-state index is 0.0397. The SMILES string of the molecule is Cc1cc(S(=O)(=O)Nc2nn(C)cc2S(N)(=O)=O)sc1Br. The monoisotopic (exact) mass is 414 g/mol. The van der Waals surface area contributed by atoms with Gasteiger partial charge in [0.25, 0.3) is 10.0 Å². The Kier molecular flexibility index (Phi) is 4.19. The van der Waals surface area contributed by atoms with E-state index in [0.717, 1.165) is 27.8 Å². The van der Waals surface area contributed by atoms with Crippen LogP contribution in [-0.4, -0.2) is 26.6 Å². The Balaban J connectivity index is 2.47. The highest BCUT2D eigenvalue weighted by molar-refractivity contribution is 9.11. The van der Waals surface area contributed by atoms with Gasteiger partial charge in [0.2, 0.25) is 10.0 Å². The quantitative estimate of drug-likeness (QED) is 0.771. The minimum atomic E-state index is -4.09. The standard InChI is InChI=1S/C9H11BrN4O4S3/c1-5-3-7(19-8(5)10)21(17,18)13-9-6(20(11,15)16)4-14(2)12-9/h3-4H,1-2H3,(H,12,13)(H2,11,15,16). The van der Waals surface area contributed by atoms with Crippen molar-refractivity contribution in [2.45, 2.75) is 16.0 Å². The van der Waals surface area contributed by atoms with Gasteiger partial charge >= 0.3 is 0 Å². The Morgan fingerprint density at radius 1 is 1.38 bits per heavy atom. The lowest BCUT2D eigenvalue weighted by Crippen LogP contribution is -2.17. The van der Waals surface area contributed by atoms with Crippen LogP contribution in [0.3, 0.4) is 0 Å². The van der Waals surface area contributed by atoms with E-state index in [0.29, 0.717) is 3.79 Å². The summed E-state index contributed by atoms with van der Waals surface area (Å²) in [6.45, 7) is 1.75. The lowest BCUT2D eigenvalue weighted by Gasteiger charge is -2.04. The van der Waals surface area contributed by atoms with Crippen molar-refractivity contribution in [3.63, 3.8) is 0 Å². The molecule has 116 valence electrons. The molecule has 8 nitrogen and oxygen atoms in total. The lowest BCUT2D eigenvalue weighted by atomic mass is 10.4. The van der Waals surface area contributed by atoms with Crippen LogP contribution in [-0.2, 0) is 27.1 Å². The summed E-state index contributed by atoms with van der Waals surface area (Å²) in [5.74, 6) is -0.331. The largest absolute Gasteiger partial charge is 0.272 e. The Bertz CT molecular complexity index is 878. The fraction of sp³-hybridized carbons (Fsp3) is 0.222. The number of aryl methyl sites for hydroxylation is 2. The summed E-state index contributed by atoms with van der Waals surface area (Å²) in [6, 6.07) is 1.47. The van der Waals surface area contributed by atoms with Gasteiger partial charge in [-0.1, -0.05) is 0 Å². The highest BCUT2D eigenvalue weighted by Crippen LogP contribution is 2.32. The lowest BCUT2D eigenvalue weighted by molar-refractivity contribution is 0.598. The summed E-state index contributed by atoms with van der Waals surface area (Å²) in [7, 11) is -6.57. The van der Waals surface area contributed by atoms with Gasteiger partial charge in [-0.15, -0.1) is 11.3 Å². The second-order valence-electron chi connectivity index (χ2n) is 4.19. The Morgan fingerprint density at radius 2 is 2.00 bits per heavy atom. The van der Waals surface area contributed by atoms with Gasteiger partial charge in [-0.2, -0.15) is 5.10 Å². The zero-order valence-electron chi connectivity index (χ0n) is 10.9. The van der Waals surface area contributed by atoms with E-state index in [-0.39, 0.29) is 14.9 Å². The molecular weight excluding hydrogens is 404 g/mol. The zero-order valence-corrected chi connectivity index (χ0v) is 14.9. The van der Waals surface area contributed by atoms with E-state index >= 15 is 0 Å². The number of nitrogens with one attached hydrogen (secondary N) is 1. The zero-order chi connectivity index (χ0) is 16.0. The van der Waals surface area contributed by atoms with E-state index in [2.05, 4.69) is 25.8 Å². The van der Waals surface area contributed by atoms with Crippen molar-refractivity contribution in [2.75, 3.05) is 4.72 Å². The fourth-order valence-corrected chi connectivity index (χ4v) is 5.46. The summed E-state index contributed by atoms with van der Waals surface area (Å²) >= 11 is 4.25. The molecule has 2 aromatic heterocycles. The van der Waals surface area contributed by atoms with Crippen LogP contribution in [0.4, 0.5) is 5.82 Å². The van der Waals surface area contributed by atoms with E-state index in [4.69, 9.17) is 5.14 Å². The van der Waals surface area contributed by atoms with Gasteiger partial charge in [0.05, 0.1) is 3.79 Å². The van der Waals surface area contributed by atoms with E-state index in [1.54, 1.807) is 6.92 Å². The molecule has 0 radical (unpaired) electrons. The van der Waals surface area contributed by atoms with E-state index in [1.807, 2.05) is 0 Å². The number of nitrogens with two attached hydrogens (primary N) is 1. The molecule has 0 spiro atoms. The summed E-state index contributed by atoms with van der Waals surface area (Å²) < 4.78 is 51.4. The molecule has 3 N–H and O–H groups in total. The molecular formula is C9H11BrN4O4S3. The number of nitrogens with zero attached hydrogens (tertiary/aromatic N) is 2.